The van der Waals surface area contributed by atoms with Gasteiger partial charge in [0.05, 0.1) is 11.6 Å². The number of hydrogen-bond acceptors (Lipinski definition) is 3. The Labute approximate surface area is 151 Å². The van der Waals surface area contributed by atoms with Gasteiger partial charge >= 0.3 is 0 Å². The Balaban J connectivity index is 1.54. The minimum atomic E-state index is -0.200. The zero-order valence-corrected chi connectivity index (χ0v) is 14.3. The molecule has 1 N–H and O–H groups in total. The normalized spacial score (nSPS) is 10.4. The molecule has 0 aliphatic rings. The highest BCUT2D eigenvalue weighted by molar-refractivity contribution is 6.32. The number of para-hydroxylation sites is 1. The number of nitrogens with zero attached hydrogens (tertiary/aromatic N) is 2. The molecule has 1 heterocycles. The molecule has 3 rings (SSSR count). The van der Waals surface area contributed by atoms with Crippen LogP contribution in [0.4, 0.5) is 0 Å². The summed E-state index contributed by atoms with van der Waals surface area (Å²) in [6.45, 7) is 1.02. The van der Waals surface area contributed by atoms with Crippen molar-refractivity contribution in [1.29, 1.82) is 0 Å². The molecule has 0 unspecified atom stereocenters. The molecule has 5 nitrogen and oxygen atoms in total. The number of halogens is 1. The second-order valence-corrected chi connectivity index (χ2v) is 5.88. The Kier molecular flexibility index (Phi) is 5.69. The van der Waals surface area contributed by atoms with Gasteiger partial charge in [0, 0.05) is 18.9 Å². The molecule has 0 spiro atoms. The molecule has 3 aromatic rings. The zero-order valence-electron chi connectivity index (χ0n) is 13.6. The number of ether oxygens (including phenoxy) is 1. The molecule has 0 bridgehead atoms. The van der Waals surface area contributed by atoms with Gasteiger partial charge in [-0.3, -0.25) is 9.48 Å². The minimum absolute atomic E-state index is 0.0783. The SMILES string of the molecule is O=C(COc1ccccc1Cl)NCc1ccccc1Cn1cccn1. The van der Waals surface area contributed by atoms with Crippen molar-refractivity contribution in [3.8, 4) is 5.75 Å². The van der Waals surface area contributed by atoms with E-state index in [9.17, 15) is 4.79 Å². The molecule has 0 fully saturated rings. The molecule has 6 heteroatoms. The third kappa shape index (κ3) is 4.84. The topological polar surface area (TPSA) is 56.1 Å². The van der Waals surface area contributed by atoms with Gasteiger partial charge in [-0.2, -0.15) is 5.10 Å². The summed E-state index contributed by atoms with van der Waals surface area (Å²) in [5, 5.41) is 7.57. The van der Waals surface area contributed by atoms with Gasteiger partial charge in [0.2, 0.25) is 0 Å². The lowest BCUT2D eigenvalue weighted by atomic mass is 10.1. The summed E-state index contributed by atoms with van der Waals surface area (Å²) < 4.78 is 7.29. The Bertz CT molecular complexity index is 834. The van der Waals surface area contributed by atoms with E-state index >= 15 is 0 Å². The third-order valence-electron chi connectivity index (χ3n) is 3.68. The smallest absolute Gasteiger partial charge is 0.258 e. The van der Waals surface area contributed by atoms with Gasteiger partial charge < -0.3 is 10.1 Å². The molecule has 0 atom stereocenters. The number of carbonyl (C=O) groups excluding carboxylic acids is 1. The second-order valence-electron chi connectivity index (χ2n) is 5.47. The van der Waals surface area contributed by atoms with Crippen molar-refractivity contribution in [1.82, 2.24) is 15.1 Å². The van der Waals surface area contributed by atoms with Crippen LogP contribution in [0.25, 0.3) is 0 Å². The number of hydrogen-bond donors (Lipinski definition) is 1. The predicted molar refractivity (Wildman–Crippen MR) is 96.6 cm³/mol. The zero-order chi connectivity index (χ0) is 17.5. The molecule has 0 saturated carbocycles. The van der Waals surface area contributed by atoms with Crippen LogP contribution < -0.4 is 10.1 Å². The van der Waals surface area contributed by atoms with Crippen LogP contribution in [-0.2, 0) is 17.9 Å². The maximum Gasteiger partial charge on any atom is 0.258 e. The average molecular weight is 356 g/mol. The average Bonchev–Trinajstić information content (AvgIpc) is 3.13. The van der Waals surface area contributed by atoms with Gasteiger partial charge in [-0.05, 0) is 29.3 Å². The summed E-state index contributed by atoms with van der Waals surface area (Å²) in [4.78, 5) is 12.0. The third-order valence-corrected chi connectivity index (χ3v) is 3.99. The summed E-state index contributed by atoms with van der Waals surface area (Å²) in [5.74, 6) is 0.298. The van der Waals surface area contributed by atoms with E-state index in [1.807, 2.05) is 53.3 Å². The number of amides is 1. The summed E-state index contributed by atoms with van der Waals surface area (Å²) in [6, 6.07) is 16.9. The van der Waals surface area contributed by atoms with Crippen LogP contribution in [0, 0.1) is 0 Å². The van der Waals surface area contributed by atoms with Gasteiger partial charge in [-0.1, -0.05) is 48.0 Å². The van der Waals surface area contributed by atoms with Crippen molar-refractivity contribution >= 4 is 17.5 Å². The van der Waals surface area contributed by atoms with Crippen LogP contribution in [-0.4, -0.2) is 22.3 Å². The van der Waals surface area contributed by atoms with Gasteiger partial charge in [0.15, 0.2) is 6.61 Å². The molecule has 0 saturated heterocycles. The van der Waals surface area contributed by atoms with E-state index < -0.39 is 0 Å². The molecule has 128 valence electrons. The number of nitrogens with one attached hydrogen (secondary N) is 1. The van der Waals surface area contributed by atoms with Crippen LogP contribution in [0.2, 0.25) is 5.02 Å². The number of rotatable bonds is 7. The Morgan fingerprint density at radius 1 is 1.08 bits per heavy atom. The first-order valence-corrected chi connectivity index (χ1v) is 8.28. The highest BCUT2D eigenvalue weighted by Gasteiger charge is 2.07. The van der Waals surface area contributed by atoms with Gasteiger partial charge in [0.25, 0.3) is 5.91 Å². The molecule has 0 radical (unpaired) electrons. The standard InChI is InChI=1S/C19H18ClN3O2/c20-17-8-3-4-9-18(17)25-14-19(24)21-12-15-6-1-2-7-16(15)13-23-11-5-10-22-23/h1-11H,12-14H2,(H,21,24). The van der Waals surface area contributed by atoms with E-state index in [1.54, 1.807) is 18.3 Å². The largest absolute Gasteiger partial charge is 0.482 e. The van der Waals surface area contributed by atoms with Crippen LogP contribution >= 0.6 is 11.6 Å². The van der Waals surface area contributed by atoms with Crippen molar-refractivity contribution in [3.63, 3.8) is 0 Å². The van der Waals surface area contributed by atoms with E-state index in [0.29, 0.717) is 23.9 Å². The lowest BCUT2D eigenvalue weighted by Crippen LogP contribution is -2.29. The summed E-state index contributed by atoms with van der Waals surface area (Å²) in [6.07, 6.45) is 3.66. The van der Waals surface area contributed by atoms with Crippen molar-refractivity contribution in [2.45, 2.75) is 13.1 Å². The monoisotopic (exact) mass is 355 g/mol. The molecule has 0 aliphatic heterocycles. The first kappa shape index (κ1) is 17.0. The van der Waals surface area contributed by atoms with Crippen LogP contribution in [0.3, 0.4) is 0 Å². The van der Waals surface area contributed by atoms with Gasteiger partial charge in [-0.25, -0.2) is 0 Å². The quantitative estimate of drug-likeness (QED) is 0.707. The number of benzene rings is 2. The summed E-state index contributed by atoms with van der Waals surface area (Å²) in [5.41, 5.74) is 2.16. The fraction of sp³-hybridized carbons (Fsp3) is 0.158. The van der Waals surface area contributed by atoms with E-state index in [-0.39, 0.29) is 12.5 Å². The van der Waals surface area contributed by atoms with Crippen molar-refractivity contribution in [3.05, 3.63) is 83.1 Å². The number of carbonyl (C=O) groups is 1. The fourth-order valence-corrected chi connectivity index (χ4v) is 2.59. The van der Waals surface area contributed by atoms with Crippen molar-refractivity contribution in [2.24, 2.45) is 0 Å². The first-order valence-electron chi connectivity index (χ1n) is 7.90. The molecular formula is C19H18ClN3O2. The van der Waals surface area contributed by atoms with E-state index in [4.69, 9.17) is 16.3 Å². The molecule has 0 aliphatic carbocycles. The maximum absolute atomic E-state index is 12.0. The molecule has 25 heavy (non-hydrogen) atoms. The molecule has 1 amide bonds. The molecule has 1 aromatic heterocycles. The maximum atomic E-state index is 12.0. The summed E-state index contributed by atoms with van der Waals surface area (Å²) >= 11 is 6.00. The predicted octanol–water partition coefficient (Wildman–Crippen LogP) is 3.28. The minimum Gasteiger partial charge on any atom is -0.482 e. The van der Waals surface area contributed by atoms with E-state index in [0.717, 1.165) is 11.1 Å². The Morgan fingerprint density at radius 3 is 2.60 bits per heavy atom. The van der Waals surface area contributed by atoms with Crippen LogP contribution in [0.15, 0.2) is 67.0 Å². The Hall–Kier alpha value is -2.79. The molecular weight excluding hydrogens is 338 g/mol. The van der Waals surface area contributed by atoms with Gasteiger partial charge in [-0.15, -0.1) is 0 Å². The van der Waals surface area contributed by atoms with Crippen molar-refractivity contribution < 1.29 is 9.53 Å². The van der Waals surface area contributed by atoms with E-state index in [1.165, 1.54) is 0 Å². The van der Waals surface area contributed by atoms with E-state index in [2.05, 4.69) is 10.4 Å². The Morgan fingerprint density at radius 2 is 1.84 bits per heavy atom. The molecule has 2 aromatic carbocycles. The van der Waals surface area contributed by atoms with Crippen LogP contribution in [0.1, 0.15) is 11.1 Å². The summed E-state index contributed by atoms with van der Waals surface area (Å²) in [7, 11) is 0. The fourth-order valence-electron chi connectivity index (χ4n) is 2.40. The van der Waals surface area contributed by atoms with Crippen LogP contribution in [0.5, 0.6) is 5.75 Å². The lowest BCUT2D eigenvalue weighted by Gasteiger charge is -2.12. The highest BCUT2D eigenvalue weighted by Crippen LogP contribution is 2.22. The van der Waals surface area contributed by atoms with Crippen molar-refractivity contribution in [2.75, 3.05) is 6.61 Å². The highest BCUT2D eigenvalue weighted by atomic mass is 35.5. The first-order chi connectivity index (χ1) is 12.2. The lowest BCUT2D eigenvalue weighted by molar-refractivity contribution is -0.123. The second kappa shape index (κ2) is 8.35. The number of aromatic nitrogens is 2. The van der Waals surface area contributed by atoms with Gasteiger partial charge in [0.1, 0.15) is 5.75 Å².